The maximum atomic E-state index is 13.4. The van der Waals surface area contributed by atoms with Crippen molar-refractivity contribution in [3.8, 4) is 22.8 Å². The molecule has 248 valence electrons. The van der Waals surface area contributed by atoms with Gasteiger partial charge in [-0.05, 0) is 62.2 Å². The number of para-hydroxylation sites is 1. The lowest BCUT2D eigenvalue weighted by molar-refractivity contribution is -0.171. The summed E-state index contributed by atoms with van der Waals surface area (Å²) < 4.78 is 11.2. The van der Waals surface area contributed by atoms with Crippen LogP contribution in [0.15, 0.2) is 59.0 Å². The van der Waals surface area contributed by atoms with Crippen molar-refractivity contribution in [1.29, 1.82) is 0 Å². The summed E-state index contributed by atoms with van der Waals surface area (Å²) >= 11 is 0. The maximum absolute atomic E-state index is 13.4. The second-order valence-corrected chi connectivity index (χ2v) is 11.4. The number of nitrogens with zero attached hydrogens (tertiary/aromatic N) is 1. The summed E-state index contributed by atoms with van der Waals surface area (Å²) in [5.74, 6) is -2.44. The van der Waals surface area contributed by atoms with Gasteiger partial charge in [-0.2, -0.15) is 5.06 Å². The Bertz CT molecular complexity index is 1480. The van der Waals surface area contributed by atoms with Crippen molar-refractivity contribution in [2.24, 2.45) is 5.92 Å². The van der Waals surface area contributed by atoms with Gasteiger partial charge in [-0.3, -0.25) is 14.4 Å². The van der Waals surface area contributed by atoms with Crippen LogP contribution in [-0.2, 0) is 14.4 Å². The molecule has 0 aliphatic carbocycles. The van der Waals surface area contributed by atoms with Crippen molar-refractivity contribution >= 4 is 37.9 Å². The van der Waals surface area contributed by atoms with Crippen LogP contribution in [0.5, 0.6) is 11.5 Å². The average molecular weight is 658 g/mol. The fourth-order valence-electron chi connectivity index (χ4n) is 4.85. The van der Waals surface area contributed by atoms with Crippen LogP contribution in [0.1, 0.15) is 73.8 Å². The fourth-order valence-corrected chi connectivity index (χ4v) is 5.35. The summed E-state index contributed by atoms with van der Waals surface area (Å²) in [6.07, 6.45) is 3.40. The molecule has 3 rings (SSSR count). The number of rotatable bonds is 18. The molecule has 0 radical (unpaired) electrons. The number of unbranched alkanes of at least 4 members (excludes halogenated alkanes) is 2. The van der Waals surface area contributed by atoms with E-state index in [0.717, 1.165) is 17.9 Å². The number of aromatic hydroxyl groups is 1. The Labute approximate surface area is 268 Å². The molecule has 5 N–H and O–H groups in total. The summed E-state index contributed by atoms with van der Waals surface area (Å²) in [5, 5.41) is 16.3. The van der Waals surface area contributed by atoms with Crippen molar-refractivity contribution in [2.45, 2.75) is 58.9 Å². The van der Waals surface area contributed by atoms with E-state index in [-0.39, 0.29) is 35.5 Å². The number of nitrogens with one attached hydrogen (secondary N) is 2. The van der Waals surface area contributed by atoms with Gasteiger partial charge in [0.2, 0.25) is 12.3 Å². The van der Waals surface area contributed by atoms with Crippen LogP contribution in [-0.4, -0.2) is 63.5 Å². The first-order chi connectivity index (χ1) is 22.1. The van der Waals surface area contributed by atoms with Crippen molar-refractivity contribution < 1.29 is 48.1 Å². The van der Waals surface area contributed by atoms with Crippen LogP contribution < -0.4 is 20.7 Å². The summed E-state index contributed by atoms with van der Waals surface area (Å²) in [5.41, 5.74) is 0.349. The van der Waals surface area contributed by atoms with E-state index >= 15 is 0 Å². The van der Waals surface area contributed by atoms with Crippen LogP contribution >= 0.6 is 8.38 Å². The van der Waals surface area contributed by atoms with E-state index in [0.29, 0.717) is 42.9 Å². The highest BCUT2D eigenvalue weighted by molar-refractivity contribution is 7.54. The zero-order valence-electron chi connectivity index (χ0n) is 26.0. The number of furan rings is 1. The first kappa shape index (κ1) is 36.0. The predicted octanol–water partition coefficient (Wildman–Crippen LogP) is 3.98. The Morgan fingerprint density at radius 1 is 1.02 bits per heavy atom. The van der Waals surface area contributed by atoms with Crippen molar-refractivity contribution in [3.05, 3.63) is 65.9 Å². The summed E-state index contributed by atoms with van der Waals surface area (Å²) in [7, 11) is -2.39. The van der Waals surface area contributed by atoms with E-state index < -0.39 is 38.1 Å². The lowest BCUT2D eigenvalue weighted by Gasteiger charge is -2.31. The minimum atomic E-state index is -2.39. The van der Waals surface area contributed by atoms with E-state index in [1.807, 2.05) is 6.92 Å². The summed E-state index contributed by atoms with van der Waals surface area (Å²) in [6.45, 7) is 5.67. The summed E-state index contributed by atoms with van der Waals surface area (Å²) in [4.78, 5) is 75.7. The molecule has 1 aromatic heterocycles. The average Bonchev–Trinajstić information content (AvgIpc) is 3.54. The molecular weight excluding hydrogens is 617 g/mol. The van der Waals surface area contributed by atoms with E-state index in [1.54, 1.807) is 26.0 Å². The van der Waals surface area contributed by atoms with Gasteiger partial charge in [-0.15, -0.1) is 0 Å². The lowest BCUT2D eigenvalue weighted by atomic mass is 9.90. The second kappa shape index (κ2) is 17.9. The minimum absolute atomic E-state index is 0.0444. The molecule has 13 nitrogen and oxygen atoms in total. The molecule has 2 aromatic carbocycles. The molecule has 0 aliphatic rings. The van der Waals surface area contributed by atoms with Crippen LogP contribution in [0, 0.1) is 5.92 Å². The molecule has 0 fully saturated rings. The lowest BCUT2D eigenvalue weighted by Crippen LogP contribution is -2.49. The van der Waals surface area contributed by atoms with Gasteiger partial charge < -0.3 is 39.5 Å². The number of phenols is 1. The molecule has 3 aromatic rings. The van der Waals surface area contributed by atoms with Crippen LogP contribution in [0.4, 0.5) is 0 Å². The quantitative estimate of drug-likeness (QED) is 0.0440. The number of ether oxygens (including phenoxy) is 1. The van der Waals surface area contributed by atoms with Gasteiger partial charge in [0, 0.05) is 10.9 Å². The Hall–Kier alpha value is -4.45. The molecule has 14 heteroatoms. The highest BCUT2D eigenvalue weighted by Gasteiger charge is 2.34. The smallest absolute Gasteiger partial charge is 0.366 e. The Balaban J connectivity index is 1.68. The summed E-state index contributed by atoms with van der Waals surface area (Å²) in [6, 6.07) is 12.6. The third kappa shape index (κ3) is 9.77. The molecule has 2 unspecified atom stereocenters. The number of hydrogen-bond donors (Lipinski definition) is 5. The third-order valence-corrected chi connectivity index (χ3v) is 7.86. The van der Waals surface area contributed by atoms with Crippen molar-refractivity contribution in [1.82, 2.24) is 15.7 Å². The molecular formula is C32H40N3O10P. The Morgan fingerprint density at radius 2 is 1.78 bits per heavy atom. The first-order valence-corrected chi connectivity index (χ1v) is 16.2. The first-order valence-electron chi connectivity index (χ1n) is 15.0. The number of carbonyl (C=O) groups excluding carboxylic acids is 4. The fraction of sp³-hybridized carbons (Fsp3) is 0.375. The zero-order chi connectivity index (χ0) is 33.6. The van der Waals surface area contributed by atoms with Gasteiger partial charge in [-0.25, -0.2) is 4.79 Å². The van der Waals surface area contributed by atoms with E-state index in [9.17, 15) is 34.1 Å². The SMILES string of the molecule is CCCCCC(C(=O)NCNC(=O)c1ccc(-c2cc(OCC)cc(P(O)O)c2)o1)C(CC)N(C=O)OC(=O)c1ccccc1O. The zero-order valence-corrected chi connectivity index (χ0v) is 26.9. The highest BCUT2D eigenvalue weighted by Crippen LogP contribution is 2.31. The molecule has 0 spiro atoms. The standard InChI is InChI=1S/C32H40N3O10P/c1-4-7-8-11-24(26(5-2)35(20-36)45-32(40)25-12-9-10-13-27(25)37)30(38)33-19-34-31(39)29-15-14-28(44-29)21-16-22(43-6-3)18-23(17-21)46(41)42/h9-10,12-18,20,24,26,37,41-42H,4-8,11,19H2,1-3H3,(H,33,38)(H,34,39). The van der Waals surface area contributed by atoms with Crippen LogP contribution in [0.25, 0.3) is 11.3 Å². The molecule has 0 bridgehead atoms. The monoisotopic (exact) mass is 657 g/mol. The van der Waals surface area contributed by atoms with Gasteiger partial charge in [0.05, 0.1) is 25.2 Å². The van der Waals surface area contributed by atoms with Gasteiger partial charge in [0.1, 0.15) is 22.8 Å². The minimum Gasteiger partial charge on any atom is -0.507 e. The molecule has 1 heterocycles. The largest absolute Gasteiger partial charge is 0.507 e. The second-order valence-electron chi connectivity index (χ2n) is 10.3. The number of amides is 3. The molecule has 46 heavy (non-hydrogen) atoms. The maximum Gasteiger partial charge on any atom is 0.366 e. The molecule has 0 aliphatic heterocycles. The molecule has 0 saturated carbocycles. The third-order valence-electron chi connectivity index (χ3n) is 7.14. The Morgan fingerprint density at radius 3 is 2.43 bits per heavy atom. The predicted molar refractivity (Wildman–Crippen MR) is 170 cm³/mol. The van der Waals surface area contributed by atoms with Crippen LogP contribution in [0.3, 0.4) is 0 Å². The van der Waals surface area contributed by atoms with Gasteiger partial charge >= 0.3 is 5.97 Å². The van der Waals surface area contributed by atoms with Crippen molar-refractivity contribution in [3.63, 3.8) is 0 Å². The highest BCUT2D eigenvalue weighted by atomic mass is 31.2. The van der Waals surface area contributed by atoms with Gasteiger partial charge in [0.15, 0.2) is 14.1 Å². The topological polar surface area (TPSA) is 188 Å². The van der Waals surface area contributed by atoms with Gasteiger partial charge in [-0.1, -0.05) is 45.2 Å². The molecule has 0 saturated heterocycles. The number of carbonyl (C=O) groups is 4. The number of hydroxylamine groups is 2. The van der Waals surface area contributed by atoms with Crippen molar-refractivity contribution in [2.75, 3.05) is 13.3 Å². The molecule has 3 amide bonds. The number of phenolic OH excluding ortho intramolecular Hbond substituents is 1. The van der Waals surface area contributed by atoms with E-state index in [1.165, 1.54) is 42.5 Å². The molecule has 2 atom stereocenters. The van der Waals surface area contributed by atoms with Gasteiger partial charge in [0.25, 0.3) is 5.91 Å². The Kier molecular flexibility index (Phi) is 14.0. The van der Waals surface area contributed by atoms with E-state index in [2.05, 4.69) is 10.6 Å². The normalized spacial score (nSPS) is 12.2. The van der Waals surface area contributed by atoms with Crippen LogP contribution in [0.2, 0.25) is 0 Å². The number of hydrogen-bond acceptors (Lipinski definition) is 10. The number of benzene rings is 2. The van der Waals surface area contributed by atoms with E-state index in [4.69, 9.17) is 14.0 Å².